The molecule has 3 aromatic rings. The number of aromatic nitrogens is 2. The predicted octanol–water partition coefficient (Wildman–Crippen LogP) is 2.71. The Labute approximate surface area is 140 Å². The van der Waals surface area contributed by atoms with Gasteiger partial charge in [-0.2, -0.15) is 0 Å². The van der Waals surface area contributed by atoms with Gasteiger partial charge in [-0.05, 0) is 49.7 Å². The molecule has 3 heterocycles. The van der Waals surface area contributed by atoms with E-state index in [1.54, 1.807) is 12.4 Å². The smallest absolute Gasteiger partial charge is 0.253 e. The number of fused-ring (bicyclic) bond motifs is 1. The number of nitrogens with one attached hydrogen (secondary N) is 3. The van der Waals surface area contributed by atoms with E-state index >= 15 is 0 Å². The fourth-order valence-corrected chi connectivity index (χ4v) is 3.25. The normalized spacial score (nSPS) is 15.5. The highest BCUT2D eigenvalue weighted by molar-refractivity contribution is 6.07. The first-order valence-electron chi connectivity index (χ1n) is 8.34. The Bertz CT molecular complexity index is 850. The number of rotatable bonds is 3. The van der Waals surface area contributed by atoms with Crippen LogP contribution in [0.25, 0.3) is 22.0 Å². The van der Waals surface area contributed by atoms with Crippen molar-refractivity contribution in [2.45, 2.75) is 18.9 Å². The molecule has 3 N–H and O–H groups in total. The molecule has 1 aromatic carbocycles. The van der Waals surface area contributed by atoms with Gasteiger partial charge in [-0.25, -0.2) is 0 Å². The Morgan fingerprint density at radius 2 is 2.04 bits per heavy atom. The molecule has 1 fully saturated rings. The molecule has 4 rings (SSSR count). The largest absolute Gasteiger partial charge is 0.360 e. The summed E-state index contributed by atoms with van der Waals surface area (Å²) in [6.07, 6.45) is 7.36. The molecule has 122 valence electrons. The van der Waals surface area contributed by atoms with Crippen LogP contribution in [0, 0.1) is 0 Å². The summed E-state index contributed by atoms with van der Waals surface area (Å²) in [5.74, 6) is -0.00325. The van der Waals surface area contributed by atoms with Gasteiger partial charge in [-0.1, -0.05) is 12.1 Å². The lowest BCUT2D eigenvalue weighted by Crippen LogP contribution is -2.42. The van der Waals surface area contributed by atoms with E-state index in [0.29, 0.717) is 5.56 Å². The maximum Gasteiger partial charge on any atom is 0.253 e. The number of carbonyl (C=O) groups is 1. The number of hydrogen-bond donors (Lipinski definition) is 3. The van der Waals surface area contributed by atoms with E-state index in [4.69, 9.17) is 0 Å². The van der Waals surface area contributed by atoms with Crippen LogP contribution in [0.1, 0.15) is 23.2 Å². The summed E-state index contributed by atoms with van der Waals surface area (Å²) in [6, 6.07) is 10.3. The number of H-pyrrole nitrogens is 1. The zero-order valence-electron chi connectivity index (χ0n) is 13.4. The van der Waals surface area contributed by atoms with E-state index in [0.717, 1.165) is 48.0 Å². The van der Waals surface area contributed by atoms with Crippen LogP contribution in [0.3, 0.4) is 0 Å². The molecule has 0 aliphatic carbocycles. The van der Waals surface area contributed by atoms with Gasteiger partial charge in [0.05, 0.1) is 5.56 Å². The van der Waals surface area contributed by atoms with Crippen LogP contribution in [0.4, 0.5) is 0 Å². The van der Waals surface area contributed by atoms with Crippen molar-refractivity contribution in [1.82, 2.24) is 20.6 Å². The van der Waals surface area contributed by atoms with Crippen LogP contribution in [0.2, 0.25) is 0 Å². The topological polar surface area (TPSA) is 69.8 Å². The number of pyridine rings is 1. The second-order valence-electron chi connectivity index (χ2n) is 6.20. The quantitative estimate of drug-likeness (QED) is 0.695. The summed E-state index contributed by atoms with van der Waals surface area (Å²) < 4.78 is 0. The second-order valence-corrected chi connectivity index (χ2v) is 6.20. The maximum absolute atomic E-state index is 12.7. The fraction of sp³-hybridized carbons (Fsp3) is 0.263. The Kier molecular flexibility index (Phi) is 4.01. The lowest BCUT2D eigenvalue weighted by Gasteiger charge is -2.23. The minimum atomic E-state index is -0.00325. The van der Waals surface area contributed by atoms with Crippen molar-refractivity contribution in [1.29, 1.82) is 0 Å². The third-order valence-electron chi connectivity index (χ3n) is 4.60. The molecular weight excluding hydrogens is 300 g/mol. The number of amides is 1. The number of aromatic amines is 1. The van der Waals surface area contributed by atoms with Crippen molar-refractivity contribution >= 4 is 16.8 Å². The molecule has 2 aromatic heterocycles. The molecule has 0 unspecified atom stereocenters. The van der Waals surface area contributed by atoms with Crippen LogP contribution in [0.15, 0.2) is 48.9 Å². The van der Waals surface area contributed by atoms with Gasteiger partial charge in [0.1, 0.15) is 0 Å². The number of nitrogens with zero attached hydrogens (tertiary/aromatic N) is 1. The molecule has 1 aliphatic rings. The van der Waals surface area contributed by atoms with Crippen LogP contribution in [0.5, 0.6) is 0 Å². The average Bonchev–Trinajstić information content (AvgIpc) is 3.06. The third kappa shape index (κ3) is 2.90. The number of benzene rings is 1. The fourth-order valence-electron chi connectivity index (χ4n) is 3.25. The Morgan fingerprint density at radius 3 is 2.83 bits per heavy atom. The highest BCUT2D eigenvalue weighted by Gasteiger charge is 2.18. The van der Waals surface area contributed by atoms with E-state index in [1.165, 1.54) is 0 Å². The van der Waals surface area contributed by atoms with Gasteiger partial charge < -0.3 is 15.6 Å². The minimum absolute atomic E-state index is 0.00325. The van der Waals surface area contributed by atoms with E-state index in [1.807, 2.05) is 30.5 Å². The Morgan fingerprint density at radius 1 is 1.17 bits per heavy atom. The van der Waals surface area contributed by atoms with Crippen LogP contribution < -0.4 is 10.6 Å². The minimum Gasteiger partial charge on any atom is -0.360 e. The summed E-state index contributed by atoms with van der Waals surface area (Å²) in [7, 11) is 0. The average molecular weight is 320 g/mol. The molecular formula is C19H20N4O. The molecule has 5 heteroatoms. The first-order chi connectivity index (χ1) is 11.8. The molecule has 24 heavy (non-hydrogen) atoms. The molecule has 0 bridgehead atoms. The van der Waals surface area contributed by atoms with E-state index in [9.17, 15) is 4.79 Å². The van der Waals surface area contributed by atoms with Gasteiger partial charge in [0, 0.05) is 41.1 Å². The van der Waals surface area contributed by atoms with Gasteiger partial charge in [0.25, 0.3) is 5.91 Å². The molecule has 1 amide bonds. The van der Waals surface area contributed by atoms with Crippen molar-refractivity contribution in [3.63, 3.8) is 0 Å². The third-order valence-corrected chi connectivity index (χ3v) is 4.60. The summed E-state index contributed by atoms with van der Waals surface area (Å²) in [5.41, 5.74) is 3.78. The molecule has 1 saturated heterocycles. The van der Waals surface area contributed by atoms with Crippen LogP contribution in [-0.2, 0) is 0 Å². The highest BCUT2D eigenvalue weighted by Crippen LogP contribution is 2.26. The van der Waals surface area contributed by atoms with Gasteiger partial charge in [-0.15, -0.1) is 0 Å². The van der Waals surface area contributed by atoms with E-state index < -0.39 is 0 Å². The first kappa shape index (κ1) is 14.9. The van der Waals surface area contributed by atoms with Crippen molar-refractivity contribution in [2.75, 3.05) is 13.1 Å². The zero-order chi connectivity index (χ0) is 16.4. The Balaban J connectivity index is 1.64. The monoisotopic (exact) mass is 320 g/mol. The SMILES string of the molecule is O=C(NC1CCNCC1)c1c[nH]c2ccc(-c3cccnc3)cc12. The number of hydrogen-bond acceptors (Lipinski definition) is 3. The van der Waals surface area contributed by atoms with Gasteiger partial charge >= 0.3 is 0 Å². The summed E-state index contributed by atoms with van der Waals surface area (Å²) in [6.45, 7) is 1.92. The molecule has 0 spiro atoms. The van der Waals surface area contributed by atoms with Crippen molar-refractivity contribution in [3.05, 3.63) is 54.5 Å². The van der Waals surface area contributed by atoms with Crippen molar-refractivity contribution in [3.8, 4) is 11.1 Å². The van der Waals surface area contributed by atoms with Gasteiger partial charge in [-0.3, -0.25) is 9.78 Å². The van der Waals surface area contributed by atoms with E-state index in [-0.39, 0.29) is 11.9 Å². The van der Waals surface area contributed by atoms with Crippen LogP contribution >= 0.6 is 0 Å². The van der Waals surface area contributed by atoms with Crippen molar-refractivity contribution < 1.29 is 4.79 Å². The lowest BCUT2D eigenvalue weighted by atomic mass is 10.0. The summed E-state index contributed by atoms with van der Waals surface area (Å²) >= 11 is 0. The highest BCUT2D eigenvalue weighted by atomic mass is 16.1. The lowest BCUT2D eigenvalue weighted by molar-refractivity contribution is 0.0931. The second kappa shape index (κ2) is 6.45. The molecule has 0 atom stereocenters. The predicted molar refractivity (Wildman–Crippen MR) is 94.9 cm³/mol. The van der Waals surface area contributed by atoms with Crippen molar-refractivity contribution in [2.24, 2.45) is 0 Å². The van der Waals surface area contributed by atoms with Gasteiger partial charge in [0.2, 0.25) is 0 Å². The first-order valence-corrected chi connectivity index (χ1v) is 8.34. The maximum atomic E-state index is 12.7. The molecule has 5 nitrogen and oxygen atoms in total. The number of piperidine rings is 1. The van der Waals surface area contributed by atoms with Gasteiger partial charge in [0.15, 0.2) is 0 Å². The van der Waals surface area contributed by atoms with E-state index in [2.05, 4.69) is 26.7 Å². The summed E-state index contributed by atoms with van der Waals surface area (Å²) in [4.78, 5) is 20.0. The number of carbonyl (C=O) groups excluding carboxylic acids is 1. The van der Waals surface area contributed by atoms with Crippen LogP contribution in [-0.4, -0.2) is 35.0 Å². The molecule has 1 aliphatic heterocycles. The Hall–Kier alpha value is -2.66. The standard InChI is InChI=1S/C19H20N4O/c24-19(23-15-5-8-20-9-6-15)17-12-22-18-4-3-13(10-16(17)18)14-2-1-7-21-11-14/h1-4,7,10-12,15,20,22H,5-6,8-9H2,(H,23,24). The summed E-state index contributed by atoms with van der Waals surface area (Å²) in [5, 5.41) is 7.42. The molecule has 0 saturated carbocycles. The molecule has 0 radical (unpaired) electrons. The zero-order valence-corrected chi connectivity index (χ0v) is 13.4.